The summed E-state index contributed by atoms with van der Waals surface area (Å²) < 4.78 is 19.4. The van der Waals surface area contributed by atoms with Crippen molar-refractivity contribution in [2.45, 2.75) is 25.4 Å². The summed E-state index contributed by atoms with van der Waals surface area (Å²) in [5.41, 5.74) is 18.0. The number of nitrogen functional groups attached to an aromatic ring is 1. The lowest BCUT2D eigenvalue weighted by Crippen LogP contribution is -2.37. The maximum Gasteiger partial charge on any atom is 0.232 e. The van der Waals surface area contributed by atoms with Crippen LogP contribution in [0.4, 0.5) is 10.3 Å². The molecule has 4 rings (SSSR count). The smallest absolute Gasteiger partial charge is 0.232 e. The first-order valence-corrected chi connectivity index (χ1v) is 10.5. The number of methoxy groups -OCH3 is 1. The first-order valence-electron chi connectivity index (χ1n) is 10.5. The summed E-state index contributed by atoms with van der Waals surface area (Å²) in [5, 5.41) is 9.15. The summed E-state index contributed by atoms with van der Waals surface area (Å²) in [6.45, 7) is 1.61. The van der Waals surface area contributed by atoms with E-state index < -0.39 is 17.9 Å². The van der Waals surface area contributed by atoms with Gasteiger partial charge in [0.2, 0.25) is 11.8 Å². The van der Waals surface area contributed by atoms with Crippen LogP contribution in [0, 0.1) is 12.7 Å². The van der Waals surface area contributed by atoms with Crippen molar-refractivity contribution < 1.29 is 19.1 Å². The number of hydrogen-bond donors (Lipinski definition) is 4. The quantitative estimate of drug-likeness (QED) is 0.365. The number of rotatable bonds is 7. The minimum absolute atomic E-state index is 0.0472. The Labute approximate surface area is 195 Å². The number of aromatic nitrogens is 4. The van der Waals surface area contributed by atoms with Crippen molar-refractivity contribution in [1.29, 1.82) is 0 Å². The van der Waals surface area contributed by atoms with Crippen molar-refractivity contribution in [3.05, 3.63) is 58.9 Å². The van der Waals surface area contributed by atoms with Crippen LogP contribution in [0.1, 0.15) is 28.6 Å². The molecule has 0 fully saturated rings. The van der Waals surface area contributed by atoms with Crippen molar-refractivity contribution >= 4 is 11.8 Å². The molecule has 0 radical (unpaired) electrons. The van der Waals surface area contributed by atoms with E-state index in [1.807, 2.05) is 0 Å². The molecule has 0 amide bonds. The summed E-state index contributed by atoms with van der Waals surface area (Å²) in [7, 11) is 1.48. The molecule has 2 aromatic heterocycles. The number of aryl methyl sites for hydroxylation is 1. The normalized spacial score (nSPS) is 15.9. The second kappa shape index (κ2) is 10.0. The Morgan fingerprint density at radius 1 is 1.26 bits per heavy atom. The molecule has 34 heavy (non-hydrogen) atoms. The zero-order chi connectivity index (χ0) is 24.2. The summed E-state index contributed by atoms with van der Waals surface area (Å²) >= 11 is 0. The molecule has 0 saturated heterocycles. The Bertz CT molecular complexity index is 1220. The largest absolute Gasteiger partial charge is 0.480 e. The number of fused-ring (bicyclic) bond motifs is 1. The lowest BCUT2D eigenvalue weighted by atomic mass is 9.91. The highest BCUT2D eigenvalue weighted by Crippen LogP contribution is 2.35. The highest BCUT2D eigenvalue weighted by Gasteiger charge is 2.29. The zero-order valence-corrected chi connectivity index (χ0v) is 18.7. The number of halogens is 1. The number of nitrogens with zero attached hydrogens (tertiary/aromatic N) is 5. The monoisotopic (exact) mass is 468 g/mol. The second-order valence-corrected chi connectivity index (χ2v) is 7.72. The number of ether oxygens (including phenoxy) is 1. The van der Waals surface area contributed by atoms with E-state index in [9.17, 15) is 4.39 Å². The minimum Gasteiger partial charge on any atom is -0.480 e. The highest BCUT2D eigenvalue weighted by molar-refractivity contribution is 6.01. The maximum atomic E-state index is 14.3. The SMILES string of the molecule is COc1cncc(-c2cc(F)ccc2[C@H]2Cc3nc(N)nc(C)c3C(NOCC(N)CO)=N2)n1. The fraction of sp³-hybridized carbons (Fsp3) is 0.318. The number of aliphatic hydroxyl groups is 1. The number of aliphatic imine (C=N–C) groups is 1. The number of amidine groups is 1. The Balaban J connectivity index is 1.77. The van der Waals surface area contributed by atoms with E-state index in [1.54, 1.807) is 13.0 Å². The number of hydrogen-bond acceptors (Lipinski definition) is 11. The highest BCUT2D eigenvalue weighted by atomic mass is 19.1. The van der Waals surface area contributed by atoms with Crippen LogP contribution in [0.5, 0.6) is 5.88 Å². The lowest BCUT2D eigenvalue weighted by Gasteiger charge is -2.26. The fourth-order valence-corrected chi connectivity index (χ4v) is 3.70. The predicted octanol–water partition coefficient (Wildman–Crippen LogP) is 0.857. The second-order valence-electron chi connectivity index (χ2n) is 7.72. The average molecular weight is 468 g/mol. The molecule has 0 aliphatic carbocycles. The van der Waals surface area contributed by atoms with Gasteiger partial charge in [-0.3, -0.25) is 14.8 Å². The van der Waals surface area contributed by atoms with Crippen LogP contribution in [-0.2, 0) is 11.3 Å². The van der Waals surface area contributed by atoms with Gasteiger partial charge in [-0.15, -0.1) is 0 Å². The summed E-state index contributed by atoms with van der Waals surface area (Å²) in [6.07, 6.45) is 3.39. The molecule has 1 aliphatic heterocycles. The van der Waals surface area contributed by atoms with E-state index in [-0.39, 0.29) is 19.2 Å². The van der Waals surface area contributed by atoms with Gasteiger partial charge in [0.05, 0.1) is 67.4 Å². The fourth-order valence-electron chi connectivity index (χ4n) is 3.70. The van der Waals surface area contributed by atoms with Gasteiger partial charge in [-0.05, 0) is 24.6 Å². The van der Waals surface area contributed by atoms with Crippen LogP contribution in [0.2, 0.25) is 0 Å². The standard InChI is InChI=1S/C22H25FN8O3/c1-11-20-17(30-22(25)27-11)6-16(29-21(20)31-34-10-13(24)9-32)14-4-3-12(23)5-15(14)18-7-26-8-19(28-18)33-2/h3-5,7-8,13,16,32H,6,9-10,24H2,1-2H3,(H,29,31)(H2,25,27,30)/t13?,16-/m1/s1. The Hall–Kier alpha value is -3.74. The van der Waals surface area contributed by atoms with Crippen LogP contribution in [0.15, 0.2) is 35.6 Å². The van der Waals surface area contributed by atoms with Gasteiger partial charge in [-0.1, -0.05) is 6.07 Å². The van der Waals surface area contributed by atoms with Crippen LogP contribution < -0.4 is 21.7 Å². The third kappa shape index (κ3) is 4.93. The van der Waals surface area contributed by atoms with E-state index in [4.69, 9.17) is 31.1 Å². The minimum atomic E-state index is -0.564. The van der Waals surface area contributed by atoms with Gasteiger partial charge < -0.3 is 21.3 Å². The van der Waals surface area contributed by atoms with Crippen molar-refractivity contribution in [3.8, 4) is 17.1 Å². The molecule has 3 heterocycles. The van der Waals surface area contributed by atoms with E-state index in [1.165, 1.54) is 31.6 Å². The molecule has 1 unspecified atom stereocenters. The van der Waals surface area contributed by atoms with Gasteiger partial charge in [-0.2, -0.15) is 0 Å². The van der Waals surface area contributed by atoms with Gasteiger partial charge in [0.1, 0.15) is 5.82 Å². The summed E-state index contributed by atoms with van der Waals surface area (Å²) in [5.74, 6) is 0.390. The van der Waals surface area contributed by atoms with E-state index >= 15 is 0 Å². The molecular formula is C22H25FN8O3. The molecule has 0 saturated carbocycles. The molecular weight excluding hydrogens is 443 g/mol. The van der Waals surface area contributed by atoms with Gasteiger partial charge in [-0.25, -0.2) is 24.8 Å². The van der Waals surface area contributed by atoms with Gasteiger partial charge in [0, 0.05) is 12.0 Å². The zero-order valence-electron chi connectivity index (χ0n) is 18.7. The third-order valence-corrected chi connectivity index (χ3v) is 5.26. The molecule has 3 aromatic rings. The number of aliphatic hydroxyl groups excluding tert-OH is 1. The van der Waals surface area contributed by atoms with Crippen LogP contribution in [0.25, 0.3) is 11.3 Å². The summed E-state index contributed by atoms with van der Waals surface area (Å²) in [4.78, 5) is 27.5. The first kappa shape index (κ1) is 23.4. The van der Waals surface area contributed by atoms with Gasteiger partial charge in [0.25, 0.3) is 0 Å². The Morgan fingerprint density at radius 3 is 2.85 bits per heavy atom. The van der Waals surface area contributed by atoms with Crippen LogP contribution in [-0.4, -0.2) is 57.2 Å². The van der Waals surface area contributed by atoms with Crippen LogP contribution in [0.3, 0.4) is 0 Å². The summed E-state index contributed by atoms with van der Waals surface area (Å²) in [6, 6.07) is 3.37. The number of nitrogens with one attached hydrogen (secondary N) is 1. The third-order valence-electron chi connectivity index (χ3n) is 5.26. The number of nitrogens with two attached hydrogens (primary N) is 2. The topological polar surface area (TPSA) is 167 Å². The Morgan fingerprint density at radius 2 is 2.09 bits per heavy atom. The van der Waals surface area contributed by atoms with Gasteiger partial charge in [0.15, 0.2) is 5.84 Å². The maximum absolute atomic E-state index is 14.3. The molecule has 2 atom stereocenters. The molecule has 11 nitrogen and oxygen atoms in total. The van der Waals surface area contributed by atoms with Crippen LogP contribution >= 0.6 is 0 Å². The number of anilines is 1. The predicted molar refractivity (Wildman–Crippen MR) is 122 cm³/mol. The average Bonchev–Trinajstić information content (AvgIpc) is 2.83. The van der Waals surface area contributed by atoms with E-state index in [2.05, 4.69) is 25.4 Å². The molecule has 1 aromatic carbocycles. The van der Waals surface area contributed by atoms with Crippen molar-refractivity contribution in [2.75, 3.05) is 26.1 Å². The molecule has 1 aliphatic rings. The molecule has 178 valence electrons. The number of benzene rings is 1. The van der Waals surface area contributed by atoms with Crippen molar-refractivity contribution in [3.63, 3.8) is 0 Å². The van der Waals surface area contributed by atoms with Crippen molar-refractivity contribution in [2.24, 2.45) is 10.7 Å². The Kier molecular flexibility index (Phi) is 6.91. The number of hydroxylamine groups is 1. The van der Waals surface area contributed by atoms with E-state index in [0.29, 0.717) is 51.9 Å². The molecule has 0 bridgehead atoms. The lowest BCUT2D eigenvalue weighted by molar-refractivity contribution is 0.0602. The molecule has 12 heteroatoms. The molecule has 0 spiro atoms. The first-order chi connectivity index (χ1) is 16.4. The van der Waals surface area contributed by atoms with E-state index in [0.717, 1.165) is 0 Å². The van der Waals surface area contributed by atoms with Gasteiger partial charge >= 0.3 is 0 Å². The van der Waals surface area contributed by atoms with Crippen molar-refractivity contribution in [1.82, 2.24) is 25.4 Å². The molecule has 6 N–H and O–H groups in total.